The molecule has 1 fully saturated rings. The van der Waals surface area contributed by atoms with Gasteiger partial charge in [0.05, 0.1) is 11.1 Å². The van der Waals surface area contributed by atoms with Crippen LogP contribution < -0.4 is 10.7 Å². The van der Waals surface area contributed by atoms with Crippen LogP contribution in [0.4, 0.5) is 4.79 Å². The highest BCUT2D eigenvalue weighted by Gasteiger charge is 2.52. The summed E-state index contributed by atoms with van der Waals surface area (Å²) in [6, 6.07) is 14.7. The molecule has 0 aromatic heterocycles. The maximum absolute atomic E-state index is 13.0. The lowest BCUT2D eigenvalue weighted by Gasteiger charge is -2.25. The molecular weight excluding hydrogens is 412 g/mol. The van der Waals surface area contributed by atoms with Gasteiger partial charge in [0.1, 0.15) is 5.54 Å². The summed E-state index contributed by atoms with van der Waals surface area (Å²) in [5.41, 5.74) is 2.42. The van der Waals surface area contributed by atoms with Gasteiger partial charge in [-0.1, -0.05) is 49.4 Å². The molecule has 1 saturated heterocycles. The van der Waals surface area contributed by atoms with E-state index in [1.807, 2.05) is 6.07 Å². The summed E-state index contributed by atoms with van der Waals surface area (Å²) < 4.78 is 0. The Kier molecular flexibility index (Phi) is 5.48. The zero-order valence-electron chi connectivity index (χ0n) is 17.5. The van der Waals surface area contributed by atoms with Gasteiger partial charge in [0.15, 0.2) is 0 Å². The van der Waals surface area contributed by atoms with Crippen LogP contribution in [-0.2, 0) is 15.1 Å². The van der Waals surface area contributed by atoms with Gasteiger partial charge in [-0.25, -0.2) is 4.79 Å². The second kappa shape index (κ2) is 8.26. The number of imide groups is 2. The predicted octanol–water partition coefficient (Wildman–Crippen LogP) is 1.95. The summed E-state index contributed by atoms with van der Waals surface area (Å²) in [7, 11) is 0. The first-order valence-electron chi connectivity index (χ1n) is 10.4. The van der Waals surface area contributed by atoms with E-state index in [4.69, 9.17) is 0 Å². The summed E-state index contributed by atoms with van der Waals surface area (Å²) in [5.74, 6) is -1.92. The lowest BCUT2D eigenvalue weighted by atomic mass is 9.87. The summed E-state index contributed by atoms with van der Waals surface area (Å²) in [6.07, 6.45) is 0.432. The van der Waals surface area contributed by atoms with Gasteiger partial charge in [0, 0.05) is 13.0 Å². The van der Waals surface area contributed by atoms with Crippen LogP contribution in [-0.4, -0.2) is 46.1 Å². The van der Waals surface area contributed by atoms with Crippen molar-refractivity contribution in [2.24, 2.45) is 0 Å². The first kappa shape index (κ1) is 21.2. The first-order valence-corrected chi connectivity index (χ1v) is 10.4. The topological polar surface area (TPSA) is 116 Å². The quantitative estimate of drug-likeness (QED) is 0.510. The molecule has 0 unspecified atom stereocenters. The SMILES string of the molecule is CC[C@@]1(c2ccccc2)NC(=O)N(NC(=O)CCCN2C(=O)c3ccccc3C2=O)C1=O. The predicted molar refractivity (Wildman–Crippen MR) is 113 cm³/mol. The zero-order valence-corrected chi connectivity index (χ0v) is 17.5. The molecule has 2 N–H and O–H groups in total. The average Bonchev–Trinajstić information content (AvgIpc) is 3.20. The number of hydrogen-bond donors (Lipinski definition) is 2. The van der Waals surface area contributed by atoms with Gasteiger partial charge in [-0.3, -0.25) is 29.5 Å². The third-order valence-corrected chi connectivity index (χ3v) is 5.79. The van der Waals surface area contributed by atoms with E-state index in [9.17, 15) is 24.0 Å². The van der Waals surface area contributed by atoms with Gasteiger partial charge in [-0.2, -0.15) is 5.01 Å². The minimum Gasteiger partial charge on any atom is -0.318 e. The van der Waals surface area contributed by atoms with E-state index >= 15 is 0 Å². The second-order valence-electron chi connectivity index (χ2n) is 7.64. The number of fused-ring (bicyclic) bond motifs is 1. The van der Waals surface area contributed by atoms with Gasteiger partial charge >= 0.3 is 6.03 Å². The summed E-state index contributed by atoms with van der Waals surface area (Å²) in [6.45, 7) is 1.83. The molecule has 1 atom stereocenters. The number of hydrogen-bond acceptors (Lipinski definition) is 5. The van der Waals surface area contributed by atoms with Gasteiger partial charge in [-0.15, -0.1) is 0 Å². The monoisotopic (exact) mass is 434 g/mol. The fourth-order valence-corrected chi connectivity index (χ4v) is 4.06. The maximum Gasteiger partial charge on any atom is 0.344 e. The number of rotatable bonds is 7. The molecule has 32 heavy (non-hydrogen) atoms. The molecule has 4 rings (SSSR count). The minimum absolute atomic E-state index is 0.0584. The Morgan fingerprint density at radius 1 is 0.938 bits per heavy atom. The van der Waals surface area contributed by atoms with E-state index in [-0.39, 0.29) is 19.4 Å². The first-order chi connectivity index (χ1) is 15.4. The van der Waals surface area contributed by atoms with E-state index in [1.165, 1.54) is 0 Å². The highest BCUT2D eigenvalue weighted by molar-refractivity contribution is 6.21. The van der Waals surface area contributed by atoms with Crippen molar-refractivity contribution in [2.75, 3.05) is 6.54 Å². The molecule has 6 amide bonds. The summed E-state index contributed by atoms with van der Waals surface area (Å²) in [5, 5.41) is 3.38. The van der Waals surface area contributed by atoms with E-state index in [1.54, 1.807) is 55.5 Å². The number of amides is 6. The highest BCUT2D eigenvalue weighted by atomic mass is 16.2. The number of carbonyl (C=O) groups is 5. The van der Waals surface area contributed by atoms with Crippen molar-refractivity contribution >= 4 is 29.7 Å². The fraction of sp³-hybridized carbons (Fsp3) is 0.261. The highest BCUT2D eigenvalue weighted by Crippen LogP contribution is 2.31. The Hall–Kier alpha value is -4.01. The number of nitrogens with one attached hydrogen (secondary N) is 2. The third-order valence-electron chi connectivity index (χ3n) is 5.79. The Labute approximate surface area is 184 Å². The molecule has 164 valence electrons. The van der Waals surface area contributed by atoms with E-state index < -0.39 is 35.2 Å². The number of urea groups is 1. The molecule has 0 spiro atoms. The number of carbonyl (C=O) groups excluding carboxylic acids is 5. The Bertz CT molecular complexity index is 1080. The van der Waals surface area contributed by atoms with Crippen LogP contribution in [0.3, 0.4) is 0 Å². The molecule has 2 aliphatic rings. The average molecular weight is 434 g/mol. The smallest absolute Gasteiger partial charge is 0.318 e. The van der Waals surface area contributed by atoms with E-state index in [2.05, 4.69) is 10.7 Å². The van der Waals surface area contributed by atoms with Crippen LogP contribution in [0.1, 0.15) is 52.5 Å². The van der Waals surface area contributed by atoms with Gasteiger partial charge in [-0.05, 0) is 30.5 Å². The van der Waals surface area contributed by atoms with Crippen LogP contribution in [0.5, 0.6) is 0 Å². The standard InChI is InChI=1S/C23H22N4O5/c1-2-23(15-9-4-3-5-10-15)21(31)27(22(32)24-23)25-18(28)13-8-14-26-19(29)16-11-6-7-12-17(16)20(26)30/h3-7,9-12H,2,8,13-14H2,1H3,(H,24,32)(H,25,28)/t23-/m0/s1. The zero-order chi connectivity index (χ0) is 22.9. The van der Waals surface area contributed by atoms with E-state index in [0.717, 1.165) is 4.90 Å². The number of nitrogens with zero attached hydrogens (tertiary/aromatic N) is 2. The van der Waals surface area contributed by atoms with Crippen molar-refractivity contribution in [1.29, 1.82) is 0 Å². The second-order valence-corrected chi connectivity index (χ2v) is 7.64. The van der Waals surface area contributed by atoms with Crippen molar-refractivity contribution in [1.82, 2.24) is 20.7 Å². The lowest BCUT2D eigenvalue weighted by molar-refractivity contribution is -0.139. The van der Waals surface area contributed by atoms with Gasteiger partial charge in [0.25, 0.3) is 17.7 Å². The Morgan fingerprint density at radius 3 is 2.12 bits per heavy atom. The molecule has 0 bridgehead atoms. The summed E-state index contributed by atoms with van der Waals surface area (Å²) in [4.78, 5) is 63.8. The van der Waals surface area contributed by atoms with Crippen molar-refractivity contribution in [3.05, 3.63) is 71.3 Å². The summed E-state index contributed by atoms with van der Waals surface area (Å²) >= 11 is 0. The largest absolute Gasteiger partial charge is 0.344 e. The minimum atomic E-state index is -1.24. The van der Waals surface area contributed by atoms with Crippen LogP contribution in [0.2, 0.25) is 0 Å². The Balaban J connectivity index is 1.36. The van der Waals surface area contributed by atoms with Crippen LogP contribution in [0, 0.1) is 0 Å². The van der Waals surface area contributed by atoms with Gasteiger partial charge < -0.3 is 5.32 Å². The fourth-order valence-electron chi connectivity index (χ4n) is 4.06. The van der Waals surface area contributed by atoms with Crippen LogP contribution >= 0.6 is 0 Å². The normalized spacial score (nSPS) is 19.9. The van der Waals surface area contributed by atoms with Crippen molar-refractivity contribution < 1.29 is 24.0 Å². The molecule has 9 nitrogen and oxygen atoms in total. The van der Waals surface area contributed by atoms with E-state index in [0.29, 0.717) is 28.1 Å². The molecule has 2 aromatic carbocycles. The number of benzene rings is 2. The third kappa shape index (κ3) is 3.41. The van der Waals surface area contributed by atoms with Crippen LogP contribution in [0.25, 0.3) is 0 Å². The molecule has 9 heteroatoms. The molecule has 2 aromatic rings. The van der Waals surface area contributed by atoms with Crippen molar-refractivity contribution in [3.8, 4) is 0 Å². The molecule has 0 aliphatic carbocycles. The van der Waals surface area contributed by atoms with Crippen molar-refractivity contribution in [2.45, 2.75) is 31.7 Å². The molecule has 2 heterocycles. The lowest BCUT2D eigenvalue weighted by Crippen LogP contribution is -2.48. The van der Waals surface area contributed by atoms with Crippen molar-refractivity contribution in [3.63, 3.8) is 0 Å². The van der Waals surface area contributed by atoms with Gasteiger partial charge in [0.2, 0.25) is 5.91 Å². The molecular formula is C23H22N4O5. The molecule has 2 aliphatic heterocycles. The maximum atomic E-state index is 13.0. The molecule has 0 saturated carbocycles. The molecule has 0 radical (unpaired) electrons. The number of hydrazine groups is 1. The Morgan fingerprint density at radius 2 is 1.53 bits per heavy atom. The van der Waals surface area contributed by atoms with Crippen LogP contribution in [0.15, 0.2) is 54.6 Å².